The van der Waals surface area contributed by atoms with Crippen molar-refractivity contribution in [3.63, 3.8) is 0 Å². The third kappa shape index (κ3) is 2.38. The molecule has 0 aliphatic carbocycles. The van der Waals surface area contributed by atoms with Gasteiger partial charge < -0.3 is 9.47 Å². The molecule has 2 aromatic heterocycles. The highest BCUT2D eigenvalue weighted by molar-refractivity contribution is 6.06. The minimum atomic E-state index is -0.343. The first kappa shape index (κ1) is 13.9. The van der Waals surface area contributed by atoms with Crippen LogP contribution in [0.15, 0.2) is 42.6 Å². The molecular formula is C18H16FN3O. The molecule has 1 aromatic carbocycles. The predicted molar refractivity (Wildman–Crippen MR) is 85.6 cm³/mol. The lowest BCUT2D eigenvalue weighted by Crippen LogP contribution is -2.38. The summed E-state index contributed by atoms with van der Waals surface area (Å²) in [5.41, 5.74) is 2.96. The van der Waals surface area contributed by atoms with Crippen molar-refractivity contribution in [2.24, 2.45) is 0 Å². The van der Waals surface area contributed by atoms with Crippen molar-refractivity contribution in [1.29, 1.82) is 0 Å². The molecule has 1 amide bonds. The van der Waals surface area contributed by atoms with Gasteiger partial charge in [0.1, 0.15) is 5.82 Å². The van der Waals surface area contributed by atoms with Crippen LogP contribution in [0.5, 0.6) is 0 Å². The van der Waals surface area contributed by atoms with Gasteiger partial charge in [0.05, 0.1) is 17.6 Å². The van der Waals surface area contributed by atoms with Crippen LogP contribution in [0, 0.1) is 12.7 Å². The van der Waals surface area contributed by atoms with E-state index in [4.69, 9.17) is 0 Å². The predicted octanol–water partition coefficient (Wildman–Crippen LogP) is 3.14. The summed E-state index contributed by atoms with van der Waals surface area (Å²) in [6.07, 6.45) is 2.03. The Hall–Kier alpha value is -2.69. The average Bonchev–Trinajstić information content (AvgIpc) is 3.00. The number of pyridine rings is 1. The third-order valence-corrected chi connectivity index (χ3v) is 4.30. The highest BCUT2D eigenvalue weighted by Crippen LogP contribution is 2.23. The van der Waals surface area contributed by atoms with Gasteiger partial charge in [-0.2, -0.15) is 0 Å². The molecule has 116 valence electrons. The zero-order valence-electron chi connectivity index (χ0n) is 12.8. The highest BCUT2D eigenvalue weighted by Gasteiger charge is 2.23. The van der Waals surface area contributed by atoms with Crippen LogP contribution in [0.4, 0.5) is 4.39 Å². The topological polar surface area (TPSA) is 38.1 Å². The lowest BCUT2D eigenvalue weighted by atomic mass is 10.1. The number of halogens is 1. The average molecular weight is 309 g/mol. The number of carbonyl (C=O) groups is 1. The monoisotopic (exact) mass is 309 g/mol. The summed E-state index contributed by atoms with van der Waals surface area (Å²) in [5.74, 6) is -0.371. The third-order valence-electron chi connectivity index (χ3n) is 4.30. The van der Waals surface area contributed by atoms with Crippen LogP contribution in [0.25, 0.3) is 10.9 Å². The van der Waals surface area contributed by atoms with E-state index in [2.05, 4.69) is 9.55 Å². The first-order chi connectivity index (χ1) is 11.1. The van der Waals surface area contributed by atoms with Gasteiger partial charge in [0.15, 0.2) is 0 Å². The van der Waals surface area contributed by atoms with Crippen molar-refractivity contribution >= 4 is 16.8 Å². The van der Waals surface area contributed by atoms with E-state index in [0.29, 0.717) is 35.2 Å². The number of aromatic nitrogens is 2. The quantitative estimate of drug-likeness (QED) is 0.692. The second-order valence-electron chi connectivity index (χ2n) is 5.89. The lowest BCUT2D eigenvalue weighted by molar-refractivity contribution is 0.0713. The molecular weight excluding hydrogens is 293 g/mol. The summed E-state index contributed by atoms with van der Waals surface area (Å²) in [6, 6.07) is 10.2. The van der Waals surface area contributed by atoms with Crippen LogP contribution in [0.3, 0.4) is 0 Å². The molecule has 0 saturated heterocycles. The molecule has 4 rings (SSSR count). The molecule has 23 heavy (non-hydrogen) atoms. The van der Waals surface area contributed by atoms with E-state index < -0.39 is 0 Å². The summed E-state index contributed by atoms with van der Waals surface area (Å²) in [4.78, 5) is 19.2. The second kappa shape index (κ2) is 5.19. The van der Waals surface area contributed by atoms with Gasteiger partial charge in [-0.3, -0.25) is 9.78 Å². The van der Waals surface area contributed by atoms with Gasteiger partial charge in [-0.25, -0.2) is 4.39 Å². The van der Waals surface area contributed by atoms with Gasteiger partial charge in [-0.1, -0.05) is 0 Å². The van der Waals surface area contributed by atoms with Gasteiger partial charge in [0.25, 0.3) is 5.91 Å². The molecule has 3 heterocycles. The number of rotatable bonds is 1. The fourth-order valence-corrected chi connectivity index (χ4v) is 3.17. The Morgan fingerprint density at radius 1 is 1.22 bits per heavy atom. The number of carbonyl (C=O) groups excluding carboxylic acids is 1. The largest absolute Gasteiger partial charge is 0.348 e. The SMILES string of the molecule is Cc1cc(C(=O)N2CCn3cccc3C2)c2ccc(F)cc2n1. The molecule has 3 aromatic rings. The van der Waals surface area contributed by atoms with Crippen molar-refractivity contribution in [3.8, 4) is 0 Å². The fraction of sp³-hybridized carbons (Fsp3) is 0.222. The summed E-state index contributed by atoms with van der Waals surface area (Å²) in [5, 5.41) is 0.697. The van der Waals surface area contributed by atoms with Crippen molar-refractivity contribution < 1.29 is 9.18 Å². The van der Waals surface area contributed by atoms with Crippen molar-refractivity contribution in [2.75, 3.05) is 6.54 Å². The zero-order valence-corrected chi connectivity index (χ0v) is 12.8. The Morgan fingerprint density at radius 2 is 2.09 bits per heavy atom. The van der Waals surface area contributed by atoms with E-state index in [1.807, 2.05) is 30.2 Å². The van der Waals surface area contributed by atoms with Crippen LogP contribution >= 0.6 is 0 Å². The number of hydrogen-bond donors (Lipinski definition) is 0. The minimum absolute atomic E-state index is 0.0282. The van der Waals surface area contributed by atoms with Gasteiger partial charge in [-0.15, -0.1) is 0 Å². The molecule has 0 N–H and O–H groups in total. The summed E-state index contributed by atoms with van der Waals surface area (Å²) < 4.78 is 15.6. The Kier molecular flexibility index (Phi) is 3.15. The Morgan fingerprint density at radius 3 is 2.96 bits per heavy atom. The molecule has 1 aliphatic heterocycles. The molecule has 0 unspecified atom stereocenters. The molecule has 1 aliphatic rings. The maximum atomic E-state index is 13.4. The van der Waals surface area contributed by atoms with Gasteiger partial charge in [0.2, 0.25) is 0 Å². The van der Waals surface area contributed by atoms with E-state index in [1.165, 1.54) is 12.1 Å². The van der Waals surface area contributed by atoms with E-state index in [-0.39, 0.29) is 11.7 Å². The van der Waals surface area contributed by atoms with E-state index in [0.717, 1.165) is 12.2 Å². The van der Waals surface area contributed by atoms with Crippen LogP contribution in [0.1, 0.15) is 21.7 Å². The van der Waals surface area contributed by atoms with Gasteiger partial charge in [0, 0.05) is 42.1 Å². The van der Waals surface area contributed by atoms with Gasteiger partial charge >= 0.3 is 0 Å². The fourth-order valence-electron chi connectivity index (χ4n) is 3.17. The van der Waals surface area contributed by atoms with Crippen LogP contribution in [0.2, 0.25) is 0 Å². The van der Waals surface area contributed by atoms with E-state index in [9.17, 15) is 9.18 Å². The molecule has 0 bridgehead atoms. The number of hydrogen-bond acceptors (Lipinski definition) is 2. The van der Waals surface area contributed by atoms with Crippen LogP contribution in [-0.4, -0.2) is 26.9 Å². The van der Waals surface area contributed by atoms with Crippen LogP contribution < -0.4 is 0 Å². The van der Waals surface area contributed by atoms with Crippen LogP contribution in [-0.2, 0) is 13.1 Å². The first-order valence-electron chi connectivity index (χ1n) is 7.62. The first-order valence-corrected chi connectivity index (χ1v) is 7.62. The maximum absolute atomic E-state index is 13.4. The lowest BCUT2D eigenvalue weighted by Gasteiger charge is -2.29. The van der Waals surface area contributed by atoms with Crippen molar-refractivity contribution in [1.82, 2.24) is 14.5 Å². The Balaban J connectivity index is 1.76. The zero-order chi connectivity index (χ0) is 16.0. The molecule has 0 fully saturated rings. The molecule has 0 spiro atoms. The molecule has 4 nitrogen and oxygen atoms in total. The van der Waals surface area contributed by atoms with Crippen molar-refractivity contribution in [2.45, 2.75) is 20.0 Å². The Labute approximate surface area is 133 Å². The minimum Gasteiger partial charge on any atom is -0.348 e. The number of nitrogens with zero attached hydrogens (tertiary/aromatic N) is 3. The summed E-state index contributed by atoms with van der Waals surface area (Å²) >= 11 is 0. The normalized spacial score (nSPS) is 14.1. The number of aryl methyl sites for hydroxylation is 1. The summed E-state index contributed by atoms with van der Waals surface area (Å²) in [6.45, 7) is 3.88. The van der Waals surface area contributed by atoms with E-state index in [1.54, 1.807) is 12.1 Å². The highest BCUT2D eigenvalue weighted by atomic mass is 19.1. The molecule has 0 atom stereocenters. The maximum Gasteiger partial charge on any atom is 0.255 e. The van der Waals surface area contributed by atoms with Gasteiger partial charge in [-0.05, 0) is 37.3 Å². The number of amides is 1. The number of benzene rings is 1. The van der Waals surface area contributed by atoms with E-state index >= 15 is 0 Å². The molecule has 0 saturated carbocycles. The Bertz CT molecular complexity index is 911. The smallest absolute Gasteiger partial charge is 0.255 e. The molecule has 0 radical (unpaired) electrons. The second-order valence-corrected chi connectivity index (χ2v) is 5.89. The standard InChI is InChI=1S/C18H16FN3O/c1-12-9-16(15-5-4-13(19)10-17(15)20-12)18(23)22-8-7-21-6-2-3-14(21)11-22/h2-6,9-10H,7-8,11H2,1H3. The van der Waals surface area contributed by atoms with Crippen molar-refractivity contribution in [3.05, 3.63) is 65.4 Å². The number of fused-ring (bicyclic) bond motifs is 2. The molecule has 5 heteroatoms. The summed E-state index contributed by atoms with van der Waals surface area (Å²) in [7, 11) is 0.